The Morgan fingerprint density at radius 2 is 1.33 bits per heavy atom. The number of imide groups is 2. The van der Waals surface area contributed by atoms with Gasteiger partial charge >= 0.3 is 12.0 Å². The Hall–Kier alpha value is -13.6. The van der Waals surface area contributed by atoms with Crippen LogP contribution < -0.4 is 63.0 Å². The molecule has 0 bridgehead atoms. The van der Waals surface area contributed by atoms with Gasteiger partial charge in [-0.1, -0.05) is 138 Å². The molecule has 3 saturated heterocycles. The lowest BCUT2D eigenvalue weighted by Crippen LogP contribution is -2.56. The standard InChI is InChI=1S/C96H105N17O18S2/c1-95(104-39-16-19-62-26-31-76(128-3)75(50-62)111-43-35-82(119)113(94(111)127)59-102-88(122)64(52-77(97)114)53-83(120)121)37-44-109(45-38-95)66-33-41-110(42-34-66)93-106-73-30-27-63(72-57-108(2)90(124)84-70(72)32-40-98-84)51-71(73)87(107-93)96(131-67-28-29-67,65-20-10-5-11-21-65)58-130-60-103-80(117)55-101-89(123)74(49-61-17-8-4-9-18-61)105-81(118)56-100-79(116)54-99-78(115)36-47-129-48-46-112-91(125)85(132-68-22-12-6-13-23-68)86(92(112)126)133-69-24-14-7-15-25-69/h4-15,17-18,20-27,30-32,40,50-51,57,64,66-67,74,98,104H,28-29,33-39,41-49,52-56,58-60H2,1-3H3,(H2,97,114)(H,99,115)(H,100,116)(H,101,123)(H,102,122)(H,103,117)(H,105,118)(H,120,121)/t64-,74-,96-/m0/s1. The summed E-state index contributed by atoms with van der Waals surface area (Å²) in [6.07, 6.45) is 6.76. The molecule has 0 radical (unpaired) electrons. The van der Waals surface area contributed by atoms with Crippen LogP contribution in [-0.4, -0.2) is 240 Å². The second kappa shape index (κ2) is 44.5. The van der Waals surface area contributed by atoms with Crippen molar-refractivity contribution in [3.63, 3.8) is 0 Å². The number of nitrogens with zero attached hydrogens (tertiary/aromatic N) is 8. The third-order valence-electron chi connectivity index (χ3n) is 23.7. The smallest absolute Gasteiger partial charge is 0.332 e. The van der Waals surface area contributed by atoms with Crippen LogP contribution in [0.1, 0.15) is 93.5 Å². The number of nitrogens with two attached hydrogens (primary N) is 1. The number of carbonyl (C=O) groups excluding carboxylic acids is 11. The van der Waals surface area contributed by atoms with Gasteiger partial charge < -0.3 is 86.4 Å². The molecule has 7 heterocycles. The predicted octanol–water partition coefficient (Wildman–Crippen LogP) is 6.31. The van der Waals surface area contributed by atoms with Crippen molar-refractivity contribution in [2.24, 2.45) is 18.7 Å². The van der Waals surface area contributed by atoms with Gasteiger partial charge in [-0.3, -0.25) is 67.3 Å². The number of likely N-dealkylation sites (tertiary alicyclic amines) is 1. The number of thioether (sulfide) groups is 2. The number of aromatic nitrogens is 4. The van der Waals surface area contributed by atoms with Crippen LogP contribution in [0.4, 0.5) is 16.4 Å². The first-order valence-corrected chi connectivity index (χ1v) is 45.6. The molecule has 1 aliphatic carbocycles. The van der Waals surface area contributed by atoms with Crippen LogP contribution >= 0.6 is 23.5 Å². The molecule has 35 nitrogen and oxygen atoms in total. The Morgan fingerprint density at radius 1 is 0.677 bits per heavy atom. The van der Waals surface area contributed by atoms with E-state index in [1.54, 1.807) is 66.3 Å². The number of carbonyl (C=O) groups is 12. The van der Waals surface area contributed by atoms with Crippen molar-refractivity contribution < 1.29 is 81.6 Å². The van der Waals surface area contributed by atoms with Gasteiger partial charge in [-0.15, -0.1) is 0 Å². The first-order valence-electron chi connectivity index (χ1n) is 44.0. The number of nitrogens with one attached hydrogen (secondary N) is 8. The van der Waals surface area contributed by atoms with Crippen molar-refractivity contribution in [1.82, 2.24) is 71.4 Å². The number of aryl methyl sites for hydroxylation is 1. The van der Waals surface area contributed by atoms with E-state index in [9.17, 15) is 67.4 Å². The number of aromatic amines is 1. The van der Waals surface area contributed by atoms with Crippen molar-refractivity contribution in [3.8, 4) is 28.7 Å². The summed E-state index contributed by atoms with van der Waals surface area (Å²) in [4.78, 5) is 195. The van der Waals surface area contributed by atoms with Gasteiger partial charge in [0.2, 0.25) is 53.2 Å². The van der Waals surface area contributed by atoms with Gasteiger partial charge in [0.25, 0.3) is 17.4 Å². The maximum atomic E-state index is 14.1. The molecule has 3 atom stereocenters. The van der Waals surface area contributed by atoms with Crippen LogP contribution in [0.2, 0.25) is 0 Å². The lowest BCUT2D eigenvalue weighted by Gasteiger charge is -2.45. The number of urea groups is 1. The van der Waals surface area contributed by atoms with Crippen LogP contribution in [0.5, 0.6) is 5.75 Å². The summed E-state index contributed by atoms with van der Waals surface area (Å²) in [6.45, 7) is 2.68. The average Bonchev–Trinajstić information content (AvgIpc) is 1.48. The van der Waals surface area contributed by atoms with Crippen LogP contribution in [0.25, 0.3) is 32.9 Å². The Labute approximate surface area is 775 Å². The molecule has 12 amide bonds. The molecule has 14 rings (SSSR count). The SMILES string of the molecule is COc1ccc(C#CCNC2(C)CCN(C3CCN(c4nc([C@@](COCNC(=O)CNC(=O)[C@H](Cc5ccccc5)NC(=O)CNC(=O)CNC(=O)CCOCCN5C(=O)C(Sc6ccccc6)=C(Sc6ccccc6)C5=O)(OC5CC5)c5ccccc5)c5cc(-c6cn(C)c(=O)c7[nH]ccc67)ccc5n4)CC3)CC2)cc1N1CCC(=O)N(CNC(=O)[C@@H](CC(N)=O)CC(=O)O)C1=O. The first kappa shape index (κ1) is 95.5. The van der Waals surface area contributed by atoms with E-state index in [0.717, 1.165) is 93.3 Å². The summed E-state index contributed by atoms with van der Waals surface area (Å²) in [5, 5.41) is 29.9. The molecule has 9 aromatic rings. The summed E-state index contributed by atoms with van der Waals surface area (Å²) in [7, 11) is 3.16. The molecular formula is C96H105N17O18S2. The second-order valence-electron chi connectivity index (χ2n) is 33.2. The zero-order chi connectivity index (χ0) is 93.7. The van der Waals surface area contributed by atoms with E-state index in [2.05, 4.69) is 70.8 Å². The lowest BCUT2D eigenvalue weighted by molar-refractivity contribution is -0.142. The number of hydrogen-bond donors (Lipinski definition) is 10. The molecule has 694 valence electrons. The fraction of sp³-hybridized carbons (Fsp3) is 0.365. The number of anilines is 2. The molecule has 133 heavy (non-hydrogen) atoms. The maximum absolute atomic E-state index is 14.1. The number of benzene rings is 6. The van der Waals surface area contributed by atoms with Crippen molar-refractivity contribution in [2.75, 3.05) is 116 Å². The third-order valence-corrected chi connectivity index (χ3v) is 26.0. The number of methoxy groups -OCH3 is 1. The van der Waals surface area contributed by atoms with Crippen LogP contribution in [-0.2, 0) is 86.0 Å². The minimum atomic E-state index is -1.43. The zero-order valence-corrected chi connectivity index (χ0v) is 75.4. The molecule has 1 saturated carbocycles. The highest BCUT2D eigenvalue weighted by molar-refractivity contribution is 8.08. The topological polar surface area (TPSA) is 452 Å². The van der Waals surface area contributed by atoms with E-state index >= 15 is 0 Å². The Morgan fingerprint density at radius 3 is 2.00 bits per heavy atom. The van der Waals surface area contributed by atoms with Gasteiger partial charge in [0.15, 0.2) is 5.60 Å². The average molecular weight is 1850 g/mol. The van der Waals surface area contributed by atoms with E-state index in [1.165, 1.54) is 35.5 Å². The Bertz CT molecular complexity index is 5900. The number of primary amides is 1. The fourth-order valence-electron chi connectivity index (χ4n) is 16.4. The van der Waals surface area contributed by atoms with Gasteiger partial charge in [0, 0.05) is 121 Å². The Balaban J connectivity index is 0.582. The fourth-order valence-corrected chi connectivity index (χ4v) is 18.4. The molecule has 37 heteroatoms. The number of rotatable bonds is 42. The first-order chi connectivity index (χ1) is 64.3. The lowest BCUT2D eigenvalue weighted by atomic mass is 9.87. The number of H-pyrrole nitrogens is 1. The van der Waals surface area contributed by atoms with Crippen molar-refractivity contribution in [2.45, 2.75) is 117 Å². The van der Waals surface area contributed by atoms with Gasteiger partial charge in [-0.2, -0.15) is 0 Å². The maximum Gasteiger partial charge on any atom is 0.332 e. The minimum absolute atomic E-state index is 0.00901. The van der Waals surface area contributed by atoms with Crippen molar-refractivity contribution in [1.29, 1.82) is 0 Å². The van der Waals surface area contributed by atoms with Crippen LogP contribution in [0.15, 0.2) is 201 Å². The van der Waals surface area contributed by atoms with Crippen LogP contribution in [0, 0.1) is 17.8 Å². The number of fused-ring (bicyclic) bond motifs is 2. The van der Waals surface area contributed by atoms with E-state index in [4.69, 9.17) is 34.6 Å². The number of piperidine rings is 2. The van der Waals surface area contributed by atoms with Gasteiger partial charge in [-0.25, -0.2) is 19.7 Å². The highest BCUT2D eigenvalue weighted by Crippen LogP contribution is 2.46. The molecule has 3 aromatic heterocycles. The summed E-state index contributed by atoms with van der Waals surface area (Å²) in [6, 6.07) is 48.4. The zero-order valence-electron chi connectivity index (χ0n) is 73.8. The van der Waals surface area contributed by atoms with E-state index < -0.39 is 128 Å². The van der Waals surface area contributed by atoms with E-state index in [-0.39, 0.29) is 82.1 Å². The number of ether oxygens (including phenoxy) is 4. The number of hydrogen-bond acceptors (Lipinski definition) is 24. The molecule has 4 fully saturated rings. The summed E-state index contributed by atoms with van der Waals surface area (Å²) < 4.78 is 26.8. The quantitative estimate of drug-likeness (QED) is 0.00867. The number of pyridine rings is 1. The number of amides is 12. The molecule has 11 N–H and O–H groups in total. The number of carboxylic acid groups (broad SMARTS) is 1. The Kier molecular flexibility index (Phi) is 32.0. The van der Waals surface area contributed by atoms with Crippen molar-refractivity contribution in [3.05, 3.63) is 219 Å². The van der Waals surface area contributed by atoms with Crippen molar-refractivity contribution >= 4 is 128 Å². The highest BCUT2D eigenvalue weighted by Gasteiger charge is 2.46. The molecule has 4 aliphatic heterocycles. The summed E-state index contributed by atoms with van der Waals surface area (Å²) in [5.41, 5.74) is 8.91. The summed E-state index contributed by atoms with van der Waals surface area (Å²) >= 11 is 2.42. The highest BCUT2D eigenvalue weighted by atomic mass is 32.2. The molecule has 6 aromatic carbocycles. The van der Waals surface area contributed by atoms with Crippen LogP contribution in [0.3, 0.4) is 0 Å². The second-order valence-corrected chi connectivity index (χ2v) is 35.3. The van der Waals surface area contributed by atoms with Gasteiger partial charge in [-0.05, 0) is 123 Å². The predicted molar refractivity (Wildman–Crippen MR) is 496 cm³/mol. The minimum Gasteiger partial charge on any atom is -0.495 e. The monoisotopic (exact) mass is 1850 g/mol. The molecular weight excluding hydrogens is 1740 g/mol. The largest absolute Gasteiger partial charge is 0.495 e. The number of aliphatic carboxylic acids is 1. The molecule has 0 spiro atoms. The third kappa shape index (κ3) is 24.6. The van der Waals surface area contributed by atoms with E-state index in [0.29, 0.717) is 80.1 Å². The molecule has 5 aliphatic rings. The summed E-state index contributed by atoms with van der Waals surface area (Å²) in [5.74, 6) is -1.83. The van der Waals surface area contributed by atoms with E-state index in [1.807, 2.05) is 121 Å². The van der Waals surface area contributed by atoms with Gasteiger partial charge in [0.1, 0.15) is 30.7 Å². The molecule has 0 unspecified atom stereocenters. The number of carboxylic acids is 1. The normalized spacial score (nSPS) is 16.2. The van der Waals surface area contributed by atoms with Gasteiger partial charge in [0.05, 0.1) is 105 Å².